The lowest BCUT2D eigenvalue weighted by Gasteiger charge is -2.36. The molecule has 0 saturated carbocycles. The number of hydrogen-bond acceptors (Lipinski definition) is 2. The molecule has 0 aliphatic carbocycles. The minimum Gasteiger partial charge on any atom is -0.417 e. The molecular formula is C15H30O2Si. The van der Waals surface area contributed by atoms with Crippen LogP contribution < -0.4 is 0 Å². The van der Waals surface area contributed by atoms with Crippen LogP contribution in [-0.4, -0.2) is 21.2 Å². The molecule has 0 saturated heterocycles. The van der Waals surface area contributed by atoms with Crippen molar-refractivity contribution in [2.75, 3.05) is 6.61 Å². The Morgan fingerprint density at radius 2 is 1.89 bits per heavy atom. The van der Waals surface area contributed by atoms with Crippen LogP contribution in [0.1, 0.15) is 47.0 Å². The fourth-order valence-corrected chi connectivity index (χ4v) is 2.64. The Balaban J connectivity index is 4.22. The van der Waals surface area contributed by atoms with Crippen LogP contribution in [0.15, 0.2) is 12.2 Å². The zero-order chi connectivity index (χ0) is 14.4. The van der Waals surface area contributed by atoms with Gasteiger partial charge in [0.15, 0.2) is 8.32 Å². The third-order valence-corrected chi connectivity index (χ3v) is 8.60. The van der Waals surface area contributed by atoms with Crippen LogP contribution in [0.25, 0.3) is 0 Å². The van der Waals surface area contributed by atoms with E-state index in [9.17, 15) is 4.79 Å². The van der Waals surface area contributed by atoms with E-state index in [4.69, 9.17) is 4.43 Å². The van der Waals surface area contributed by atoms with Gasteiger partial charge in [-0.2, -0.15) is 0 Å². The second kappa shape index (κ2) is 7.24. The minimum atomic E-state index is -1.64. The molecule has 0 unspecified atom stereocenters. The zero-order valence-corrected chi connectivity index (χ0v) is 14.0. The monoisotopic (exact) mass is 270 g/mol. The highest BCUT2D eigenvalue weighted by molar-refractivity contribution is 6.74. The van der Waals surface area contributed by atoms with Crippen LogP contribution in [0.5, 0.6) is 0 Å². The number of carbonyl (C=O) groups excluding carboxylic acids is 1. The SMILES string of the molecule is C=C(C)[C@@H](CCC=O)CCO[Si](C)(C)C(C)(C)C. The first-order valence-corrected chi connectivity index (χ1v) is 9.75. The Bertz CT molecular complexity index is 277. The Labute approximate surface area is 114 Å². The van der Waals surface area contributed by atoms with Crippen LogP contribution in [-0.2, 0) is 9.22 Å². The molecule has 0 radical (unpaired) electrons. The molecule has 0 heterocycles. The lowest BCUT2D eigenvalue weighted by atomic mass is 9.94. The molecule has 0 spiro atoms. The van der Waals surface area contributed by atoms with Crippen LogP contribution in [0.4, 0.5) is 0 Å². The van der Waals surface area contributed by atoms with Crippen LogP contribution in [0.2, 0.25) is 18.1 Å². The summed E-state index contributed by atoms with van der Waals surface area (Å²) in [5.41, 5.74) is 1.16. The first-order valence-electron chi connectivity index (χ1n) is 6.85. The molecule has 0 aromatic carbocycles. The molecule has 0 aromatic rings. The summed E-state index contributed by atoms with van der Waals surface area (Å²) in [5, 5.41) is 0.258. The van der Waals surface area contributed by atoms with Gasteiger partial charge in [0.25, 0.3) is 0 Å². The number of carbonyl (C=O) groups is 1. The maximum Gasteiger partial charge on any atom is 0.191 e. The summed E-state index contributed by atoms with van der Waals surface area (Å²) < 4.78 is 6.16. The van der Waals surface area contributed by atoms with Crippen molar-refractivity contribution in [3.8, 4) is 0 Å². The fraction of sp³-hybridized carbons (Fsp3) is 0.800. The van der Waals surface area contributed by atoms with Gasteiger partial charge in [-0.05, 0) is 43.8 Å². The average molecular weight is 270 g/mol. The number of aldehydes is 1. The molecule has 18 heavy (non-hydrogen) atoms. The van der Waals surface area contributed by atoms with E-state index in [0.717, 1.165) is 31.3 Å². The molecule has 3 heteroatoms. The van der Waals surface area contributed by atoms with Crippen LogP contribution >= 0.6 is 0 Å². The molecule has 0 amide bonds. The maximum atomic E-state index is 10.4. The van der Waals surface area contributed by atoms with Gasteiger partial charge in [-0.3, -0.25) is 0 Å². The van der Waals surface area contributed by atoms with E-state index in [0.29, 0.717) is 12.3 Å². The molecule has 0 bridgehead atoms. The molecule has 2 nitrogen and oxygen atoms in total. The number of allylic oxidation sites excluding steroid dienone is 1. The highest BCUT2D eigenvalue weighted by Crippen LogP contribution is 2.36. The van der Waals surface area contributed by atoms with Crippen LogP contribution in [0.3, 0.4) is 0 Å². The van der Waals surface area contributed by atoms with Gasteiger partial charge in [-0.25, -0.2) is 0 Å². The smallest absolute Gasteiger partial charge is 0.191 e. The lowest BCUT2D eigenvalue weighted by Crippen LogP contribution is -2.41. The van der Waals surface area contributed by atoms with Gasteiger partial charge in [-0.1, -0.05) is 32.9 Å². The van der Waals surface area contributed by atoms with Gasteiger partial charge in [0.1, 0.15) is 6.29 Å². The van der Waals surface area contributed by atoms with Gasteiger partial charge < -0.3 is 9.22 Å². The van der Waals surface area contributed by atoms with Gasteiger partial charge in [0, 0.05) is 13.0 Å². The van der Waals surface area contributed by atoms with Crippen molar-refractivity contribution in [1.29, 1.82) is 0 Å². The van der Waals surface area contributed by atoms with E-state index in [1.807, 2.05) is 6.92 Å². The Morgan fingerprint density at radius 1 is 1.33 bits per heavy atom. The zero-order valence-electron chi connectivity index (χ0n) is 13.0. The summed E-state index contributed by atoms with van der Waals surface area (Å²) in [5.74, 6) is 0.417. The van der Waals surface area contributed by atoms with Crippen molar-refractivity contribution < 1.29 is 9.22 Å². The second-order valence-electron chi connectivity index (χ2n) is 6.68. The Hall–Kier alpha value is -0.413. The number of hydrogen-bond donors (Lipinski definition) is 0. The molecule has 106 valence electrons. The van der Waals surface area contributed by atoms with E-state index in [1.54, 1.807) is 0 Å². The molecule has 0 aliphatic heterocycles. The van der Waals surface area contributed by atoms with Crippen molar-refractivity contribution in [2.45, 2.75) is 65.1 Å². The number of rotatable bonds is 8. The van der Waals surface area contributed by atoms with E-state index in [2.05, 4.69) is 40.4 Å². The van der Waals surface area contributed by atoms with Gasteiger partial charge in [0.2, 0.25) is 0 Å². The van der Waals surface area contributed by atoms with Gasteiger partial charge in [0.05, 0.1) is 0 Å². The Kier molecular flexibility index (Phi) is 7.08. The summed E-state index contributed by atoms with van der Waals surface area (Å²) in [6, 6.07) is 0. The summed E-state index contributed by atoms with van der Waals surface area (Å²) in [4.78, 5) is 10.4. The molecule has 0 aromatic heterocycles. The third kappa shape index (κ3) is 5.96. The Morgan fingerprint density at radius 3 is 2.28 bits per heavy atom. The first-order chi connectivity index (χ1) is 8.12. The average Bonchev–Trinajstić information content (AvgIpc) is 2.20. The molecule has 0 rings (SSSR count). The standard InChI is InChI=1S/C15H30O2Si/c1-13(2)14(9-8-11-16)10-12-17-18(6,7)15(3,4)5/h11,14H,1,8-10,12H2,2-7H3/t14-/m0/s1. The molecule has 0 aliphatic rings. The lowest BCUT2D eigenvalue weighted by molar-refractivity contribution is -0.108. The largest absolute Gasteiger partial charge is 0.417 e. The predicted molar refractivity (Wildman–Crippen MR) is 81.4 cm³/mol. The quantitative estimate of drug-likeness (QED) is 0.367. The first kappa shape index (κ1) is 17.6. The molecule has 0 fully saturated rings. The topological polar surface area (TPSA) is 26.3 Å². The molecule has 0 N–H and O–H groups in total. The van der Waals surface area contributed by atoms with Gasteiger partial charge in [-0.15, -0.1) is 0 Å². The summed E-state index contributed by atoms with van der Waals surface area (Å²) >= 11 is 0. The van der Waals surface area contributed by atoms with Crippen molar-refractivity contribution >= 4 is 14.6 Å². The van der Waals surface area contributed by atoms with E-state index >= 15 is 0 Å². The van der Waals surface area contributed by atoms with E-state index in [1.165, 1.54) is 0 Å². The maximum absolute atomic E-state index is 10.4. The summed E-state index contributed by atoms with van der Waals surface area (Å²) in [6.45, 7) is 18.1. The predicted octanol–water partition coefficient (Wildman–Crippen LogP) is 4.57. The summed E-state index contributed by atoms with van der Waals surface area (Å²) in [7, 11) is -1.64. The van der Waals surface area contributed by atoms with Crippen LogP contribution in [0, 0.1) is 5.92 Å². The van der Waals surface area contributed by atoms with Crippen molar-refractivity contribution in [3.05, 3.63) is 12.2 Å². The minimum absolute atomic E-state index is 0.258. The van der Waals surface area contributed by atoms with Gasteiger partial charge >= 0.3 is 0 Å². The normalized spacial score (nSPS) is 14.3. The van der Waals surface area contributed by atoms with Crippen molar-refractivity contribution in [1.82, 2.24) is 0 Å². The van der Waals surface area contributed by atoms with Crippen molar-refractivity contribution in [3.63, 3.8) is 0 Å². The fourth-order valence-electron chi connectivity index (χ4n) is 1.58. The van der Waals surface area contributed by atoms with E-state index < -0.39 is 8.32 Å². The highest BCUT2D eigenvalue weighted by atomic mass is 28.4. The summed E-state index contributed by atoms with van der Waals surface area (Å²) in [6.07, 6.45) is 3.50. The highest BCUT2D eigenvalue weighted by Gasteiger charge is 2.36. The molecule has 1 atom stereocenters. The third-order valence-electron chi connectivity index (χ3n) is 4.07. The van der Waals surface area contributed by atoms with Crippen molar-refractivity contribution in [2.24, 2.45) is 5.92 Å². The second-order valence-corrected chi connectivity index (χ2v) is 11.5. The molecular weight excluding hydrogens is 240 g/mol. The van der Waals surface area contributed by atoms with E-state index in [-0.39, 0.29) is 5.04 Å².